The average Bonchev–Trinajstić information content (AvgIpc) is 2.15. The van der Waals surface area contributed by atoms with Crippen LogP contribution in [0.15, 0.2) is 24.3 Å². The number of hydrazine groups is 1. The van der Waals surface area contributed by atoms with Crippen molar-refractivity contribution in [3.8, 4) is 0 Å². The van der Waals surface area contributed by atoms with Crippen LogP contribution in [0.25, 0.3) is 0 Å². The van der Waals surface area contributed by atoms with Crippen molar-refractivity contribution in [1.82, 2.24) is 5.43 Å². The van der Waals surface area contributed by atoms with Crippen LogP contribution in [0.3, 0.4) is 0 Å². The summed E-state index contributed by atoms with van der Waals surface area (Å²) in [6, 6.07) is 4.79. The lowest BCUT2D eigenvalue weighted by Crippen LogP contribution is -2.25. The fraction of sp³-hybridized carbons (Fsp3) is 0.333. The number of nitrogens with one attached hydrogen (secondary N) is 1. The van der Waals surface area contributed by atoms with Crippen molar-refractivity contribution in [2.24, 2.45) is 5.84 Å². The van der Waals surface area contributed by atoms with E-state index in [1.165, 1.54) is 6.07 Å². The Bertz CT molecular complexity index is 309. The highest BCUT2D eigenvalue weighted by Gasteiger charge is 2.30. The van der Waals surface area contributed by atoms with Crippen LogP contribution < -0.4 is 11.3 Å². The molecule has 0 aliphatic rings. The van der Waals surface area contributed by atoms with E-state index in [-0.39, 0.29) is 6.04 Å². The zero-order valence-electron chi connectivity index (χ0n) is 7.60. The van der Waals surface area contributed by atoms with E-state index in [0.717, 1.165) is 12.1 Å². The molecule has 78 valence electrons. The van der Waals surface area contributed by atoms with Crippen LogP contribution in [0.1, 0.15) is 24.1 Å². The van der Waals surface area contributed by atoms with Gasteiger partial charge in [0.15, 0.2) is 0 Å². The van der Waals surface area contributed by atoms with Gasteiger partial charge in [-0.2, -0.15) is 13.2 Å². The summed E-state index contributed by atoms with van der Waals surface area (Å²) in [6.45, 7) is 1.69. The maximum absolute atomic E-state index is 12.3. The maximum Gasteiger partial charge on any atom is 0.416 e. The first-order valence-corrected chi connectivity index (χ1v) is 4.08. The Morgan fingerprint density at radius 1 is 1.36 bits per heavy atom. The molecule has 1 aromatic rings. The van der Waals surface area contributed by atoms with Gasteiger partial charge in [-0.15, -0.1) is 0 Å². The number of halogens is 3. The monoisotopic (exact) mass is 204 g/mol. The number of benzene rings is 1. The van der Waals surface area contributed by atoms with E-state index in [2.05, 4.69) is 5.43 Å². The summed E-state index contributed by atoms with van der Waals surface area (Å²) in [6.07, 6.45) is -4.30. The van der Waals surface area contributed by atoms with Gasteiger partial charge in [-0.3, -0.25) is 11.3 Å². The van der Waals surface area contributed by atoms with E-state index >= 15 is 0 Å². The topological polar surface area (TPSA) is 38.0 Å². The second-order valence-corrected chi connectivity index (χ2v) is 3.01. The summed E-state index contributed by atoms with van der Waals surface area (Å²) in [5.74, 6) is 5.13. The Morgan fingerprint density at radius 3 is 2.50 bits per heavy atom. The molecule has 0 aliphatic carbocycles. The number of alkyl halides is 3. The lowest BCUT2D eigenvalue weighted by atomic mass is 10.1. The fourth-order valence-corrected chi connectivity index (χ4v) is 1.08. The van der Waals surface area contributed by atoms with Crippen molar-refractivity contribution in [3.05, 3.63) is 35.4 Å². The molecule has 14 heavy (non-hydrogen) atoms. The Balaban J connectivity index is 3.01. The highest BCUT2D eigenvalue weighted by atomic mass is 19.4. The molecule has 0 saturated heterocycles. The third-order valence-corrected chi connectivity index (χ3v) is 1.96. The highest BCUT2D eigenvalue weighted by molar-refractivity contribution is 5.27. The molecular formula is C9H11F3N2. The van der Waals surface area contributed by atoms with Crippen LogP contribution in [0, 0.1) is 0 Å². The van der Waals surface area contributed by atoms with E-state index in [1.54, 1.807) is 13.0 Å². The van der Waals surface area contributed by atoms with E-state index in [1.807, 2.05) is 0 Å². The van der Waals surface area contributed by atoms with Crippen molar-refractivity contribution >= 4 is 0 Å². The summed E-state index contributed by atoms with van der Waals surface area (Å²) in [5, 5.41) is 0. The predicted molar refractivity (Wildman–Crippen MR) is 47.2 cm³/mol. The Labute approximate surface area is 79.9 Å². The van der Waals surface area contributed by atoms with Crippen molar-refractivity contribution in [2.45, 2.75) is 19.1 Å². The Kier molecular flexibility index (Phi) is 3.13. The molecule has 0 heterocycles. The summed E-state index contributed by atoms with van der Waals surface area (Å²) in [4.78, 5) is 0. The molecule has 0 amide bonds. The van der Waals surface area contributed by atoms with Gasteiger partial charge in [-0.1, -0.05) is 12.1 Å². The normalized spacial score (nSPS) is 14.1. The molecule has 5 heteroatoms. The molecule has 1 aromatic carbocycles. The molecule has 2 nitrogen and oxygen atoms in total. The lowest BCUT2D eigenvalue weighted by Gasteiger charge is -2.13. The van der Waals surface area contributed by atoms with Gasteiger partial charge in [0.25, 0.3) is 0 Å². The summed E-state index contributed by atoms with van der Waals surface area (Å²) in [7, 11) is 0. The molecule has 1 atom stereocenters. The van der Waals surface area contributed by atoms with E-state index < -0.39 is 11.7 Å². The van der Waals surface area contributed by atoms with Crippen LogP contribution in [0.4, 0.5) is 13.2 Å². The Morgan fingerprint density at radius 2 is 2.00 bits per heavy atom. The second-order valence-electron chi connectivity index (χ2n) is 3.01. The quantitative estimate of drug-likeness (QED) is 0.572. The molecule has 0 saturated carbocycles. The lowest BCUT2D eigenvalue weighted by molar-refractivity contribution is -0.137. The van der Waals surface area contributed by atoms with Gasteiger partial charge < -0.3 is 0 Å². The van der Waals surface area contributed by atoms with Crippen molar-refractivity contribution in [1.29, 1.82) is 0 Å². The third-order valence-electron chi connectivity index (χ3n) is 1.96. The van der Waals surface area contributed by atoms with Gasteiger partial charge in [-0.25, -0.2) is 0 Å². The van der Waals surface area contributed by atoms with Crippen molar-refractivity contribution < 1.29 is 13.2 Å². The minimum Gasteiger partial charge on any atom is -0.271 e. The molecule has 0 aliphatic heterocycles. The van der Waals surface area contributed by atoms with E-state index in [0.29, 0.717) is 5.56 Å². The first-order chi connectivity index (χ1) is 6.45. The first kappa shape index (κ1) is 11.0. The minimum absolute atomic E-state index is 0.294. The number of hydrogen-bond acceptors (Lipinski definition) is 2. The summed E-state index contributed by atoms with van der Waals surface area (Å²) >= 11 is 0. The molecule has 0 spiro atoms. The Hall–Kier alpha value is -1.07. The van der Waals surface area contributed by atoms with Crippen LogP contribution in [-0.4, -0.2) is 0 Å². The summed E-state index contributed by atoms with van der Waals surface area (Å²) in [5.41, 5.74) is 2.25. The van der Waals surface area contributed by atoms with Crippen LogP contribution in [0.2, 0.25) is 0 Å². The smallest absolute Gasteiger partial charge is 0.271 e. The number of rotatable bonds is 2. The molecule has 0 bridgehead atoms. The SMILES string of the molecule is CC(NN)c1cccc(C(F)(F)F)c1. The van der Waals surface area contributed by atoms with Crippen molar-refractivity contribution in [2.75, 3.05) is 0 Å². The van der Waals surface area contributed by atoms with E-state index in [4.69, 9.17) is 5.84 Å². The molecule has 1 rings (SSSR count). The standard InChI is InChI=1S/C9H11F3N2/c1-6(14-13)7-3-2-4-8(5-7)9(10,11)12/h2-6,14H,13H2,1H3. The molecular weight excluding hydrogens is 193 g/mol. The zero-order chi connectivity index (χ0) is 10.8. The third kappa shape index (κ3) is 2.46. The van der Waals surface area contributed by atoms with Gasteiger partial charge in [0.05, 0.1) is 5.56 Å². The maximum atomic E-state index is 12.3. The molecule has 3 N–H and O–H groups in total. The van der Waals surface area contributed by atoms with Crippen LogP contribution >= 0.6 is 0 Å². The second kappa shape index (κ2) is 3.98. The van der Waals surface area contributed by atoms with Gasteiger partial charge >= 0.3 is 6.18 Å². The van der Waals surface area contributed by atoms with Gasteiger partial charge in [0, 0.05) is 6.04 Å². The average molecular weight is 204 g/mol. The van der Waals surface area contributed by atoms with Gasteiger partial charge in [0.2, 0.25) is 0 Å². The van der Waals surface area contributed by atoms with Crippen LogP contribution in [0.5, 0.6) is 0 Å². The van der Waals surface area contributed by atoms with E-state index in [9.17, 15) is 13.2 Å². The first-order valence-electron chi connectivity index (χ1n) is 4.08. The fourth-order valence-electron chi connectivity index (χ4n) is 1.08. The van der Waals surface area contributed by atoms with Crippen LogP contribution in [-0.2, 0) is 6.18 Å². The highest BCUT2D eigenvalue weighted by Crippen LogP contribution is 2.30. The largest absolute Gasteiger partial charge is 0.416 e. The molecule has 0 aromatic heterocycles. The predicted octanol–water partition coefficient (Wildman–Crippen LogP) is 2.23. The molecule has 0 fully saturated rings. The number of hydrogen-bond donors (Lipinski definition) is 2. The summed E-state index contributed by atoms with van der Waals surface area (Å²) < 4.78 is 36.9. The van der Waals surface area contributed by atoms with Gasteiger partial charge in [-0.05, 0) is 24.6 Å². The minimum atomic E-state index is -4.30. The zero-order valence-corrected chi connectivity index (χ0v) is 7.60. The number of nitrogens with two attached hydrogens (primary N) is 1. The van der Waals surface area contributed by atoms with Gasteiger partial charge in [0.1, 0.15) is 0 Å². The molecule has 1 unspecified atom stereocenters. The molecule has 0 radical (unpaired) electrons. The van der Waals surface area contributed by atoms with Crippen molar-refractivity contribution in [3.63, 3.8) is 0 Å².